The molecule has 4 heteroatoms. The molecule has 1 nitrogen and oxygen atoms in total. The molecule has 0 aliphatic heterocycles. The normalized spacial score (nSPS) is 16.6. The second-order valence-corrected chi connectivity index (χ2v) is 9.53. The van der Waals surface area contributed by atoms with Gasteiger partial charge in [0.2, 0.25) is 0 Å². The maximum atomic E-state index is 13.4. The van der Waals surface area contributed by atoms with Gasteiger partial charge in [-0.15, -0.1) is 0 Å². The molecule has 0 amide bonds. The van der Waals surface area contributed by atoms with Crippen molar-refractivity contribution in [2.45, 2.75) is 150 Å². The van der Waals surface area contributed by atoms with E-state index in [0.717, 1.165) is 12.3 Å². The number of thiol groups is 1. The van der Waals surface area contributed by atoms with Gasteiger partial charge in [-0.3, -0.25) is 0 Å². The Kier molecular flexibility index (Phi) is 30.5. The van der Waals surface area contributed by atoms with E-state index in [1.807, 2.05) is 6.92 Å². The van der Waals surface area contributed by atoms with E-state index in [9.17, 15) is 8.78 Å². The van der Waals surface area contributed by atoms with Crippen LogP contribution in [0.3, 0.4) is 0 Å². The van der Waals surface area contributed by atoms with Crippen LogP contribution in [-0.2, 0) is 0 Å². The summed E-state index contributed by atoms with van der Waals surface area (Å²) in [5.41, 5.74) is 6.00. The fourth-order valence-corrected chi connectivity index (χ4v) is 3.82. The zero-order valence-corrected chi connectivity index (χ0v) is 23.3. The minimum atomic E-state index is -0.883. The predicted octanol–water partition coefficient (Wildman–Crippen LogP) is 9.58. The van der Waals surface area contributed by atoms with Crippen molar-refractivity contribution in [3.05, 3.63) is 0 Å². The topological polar surface area (TPSA) is 26.0 Å². The van der Waals surface area contributed by atoms with Crippen LogP contribution in [0, 0.1) is 17.8 Å². The summed E-state index contributed by atoms with van der Waals surface area (Å²) in [5, 5.41) is 0. The third-order valence-corrected chi connectivity index (χ3v) is 6.35. The summed E-state index contributed by atoms with van der Waals surface area (Å²) in [4.78, 5) is 0. The van der Waals surface area contributed by atoms with Crippen molar-refractivity contribution >= 4 is 12.6 Å². The van der Waals surface area contributed by atoms with Crippen molar-refractivity contribution in [1.29, 1.82) is 0 Å². The quantitative estimate of drug-likeness (QED) is 0.162. The molecule has 0 saturated heterocycles. The highest BCUT2D eigenvalue weighted by Crippen LogP contribution is 2.28. The van der Waals surface area contributed by atoms with Gasteiger partial charge in [-0.05, 0) is 50.7 Å². The summed E-state index contributed by atoms with van der Waals surface area (Å²) in [6.07, 6.45) is 16.2. The van der Waals surface area contributed by atoms with Crippen molar-refractivity contribution in [2.75, 3.05) is 6.26 Å². The fraction of sp³-hybridized carbons (Fsp3) is 1.00. The van der Waals surface area contributed by atoms with E-state index < -0.39 is 12.3 Å². The monoisotopic (exact) mass is 467 g/mol. The highest BCUT2D eigenvalue weighted by Gasteiger charge is 2.22. The minimum absolute atomic E-state index is 0.283. The van der Waals surface area contributed by atoms with Crippen molar-refractivity contribution in [3.63, 3.8) is 0 Å². The van der Waals surface area contributed by atoms with Crippen molar-refractivity contribution in [2.24, 2.45) is 23.5 Å². The Bertz CT molecular complexity index is 326. The third kappa shape index (κ3) is 26.3. The molecule has 6 unspecified atom stereocenters. The Hall–Kier alpha value is 0.170. The van der Waals surface area contributed by atoms with Crippen LogP contribution < -0.4 is 5.73 Å². The average molecular weight is 468 g/mol. The lowest BCUT2D eigenvalue weighted by Crippen LogP contribution is -2.33. The van der Waals surface area contributed by atoms with Crippen LogP contribution in [0.2, 0.25) is 0 Å². The molecule has 0 heterocycles. The molecule has 0 bridgehead atoms. The largest absolute Gasteiger partial charge is 0.325 e. The summed E-state index contributed by atoms with van der Waals surface area (Å²) in [6.45, 7) is 14.2. The molecule has 0 aliphatic rings. The smallest absolute Gasteiger partial charge is 0.112 e. The molecule has 0 aromatic heterocycles. The Morgan fingerprint density at radius 3 is 1.65 bits per heavy atom. The molecule has 0 aromatic rings. The van der Waals surface area contributed by atoms with Gasteiger partial charge in [-0.1, -0.05) is 105 Å². The molecule has 0 fully saturated rings. The van der Waals surface area contributed by atoms with Crippen LogP contribution in [0.1, 0.15) is 132 Å². The Morgan fingerprint density at radius 2 is 1.23 bits per heavy atom. The second-order valence-electron chi connectivity index (χ2n) is 9.53. The molecule has 192 valence electrons. The Labute approximate surface area is 201 Å². The second kappa shape index (κ2) is 26.4. The first-order valence-corrected chi connectivity index (χ1v) is 14.1. The van der Waals surface area contributed by atoms with Gasteiger partial charge in [0, 0.05) is 6.04 Å². The van der Waals surface area contributed by atoms with Gasteiger partial charge in [-0.25, -0.2) is 8.78 Å². The molecule has 0 aromatic carbocycles. The van der Waals surface area contributed by atoms with E-state index in [-0.39, 0.29) is 6.04 Å². The standard InChI is InChI=1S/C22H46FN.C4H9F.CH4S/c1-6-8-16-21(17-22(24)20(5)23)19(4)15-12-10-9-11-14-18(3)13-7-2;1-3-4(2)5;1-2/h18-22H,6-17,24H2,1-5H3;4H,3H2,1-2H3;2H,1H3. The molecular weight excluding hydrogens is 408 g/mol. The lowest BCUT2D eigenvalue weighted by atomic mass is 9.81. The summed E-state index contributed by atoms with van der Waals surface area (Å²) in [5.74, 6) is 2.18. The van der Waals surface area contributed by atoms with E-state index in [1.54, 1.807) is 20.1 Å². The Morgan fingerprint density at radius 1 is 0.710 bits per heavy atom. The van der Waals surface area contributed by atoms with Gasteiger partial charge in [-0.2, -0.15) is 12.6 Å². The van der Waals surface area contributed by atoms with Gasteiger partial charge in [0.25, 0.3) is 0 Å². The van der Waals surface area contributed by atoms with Crippen LogP contribution in [0.5, 0.6) is 0 Å². The number of halogens is 2. The predicted molar refractivity (Wildman–Crippen MR) is 143 cm³/mol. The van der Waals surface area contributed by atoms with Gasteiger partial charge in [0.15, 0.2) is 0 Å². The first-order chi connectivity index (χ1) is 14.7. The van der Waals surface area contributed by atoms with E-state index in [2.05, 4.69) is 40.3 Å². The van der Waals surface area contributed by atoms with E-state index in [4.69, 9.17) is 5.73 Å². The van der Waals surface area contributed by atoms with Gasteiger partial charge in [0.05, 0.1) is 6.17 Å². The van der Waals surface area contributed by atoms with Crippen LogP contribution in [0.15, 0.2) is 0 Å². The first-order valence-electron chi connectivity index (χ1n) is 13.2. The maximum Gasteiger partial charge on any atom is 0.112 e. The van der Waals surface area contributed by atoms with Gasteiger partial charge >= 0.3 is 0 Å². The van der Waals surface area contributed by atoms with Gasteiger partial charge < -0.3 is 5.73 Å². The Balaban J connectivity index is -0.000000973. The maximum absolute atomic E-state index is 13.4. The van der Waals surface area contributed by atoms with Crippen LogP contribution >= 0.6 is 12.6 Å². The van der Waals surface area contributed by atoms with Gasteiger partial charge in [0.1, 0.15) is 6.17 Å². The molecule has 31 heavy (non-hydrogen) atoms. The summed E-state index contributed by atoms with van der Waals surface area (Å²) in [6, 6.07) is -0.283. The minimum Gasteiger partial charge on any atom is -0.325 e. The number of rotatable bonds is 17. The van der Waals surface area contributed by atoms with Crippen LogP contribution in [0.4, 0.5) is 8.78 Å². The first kappa shape index (κ1) is 35.8. The summed E-state index contributed by atoms with van der Waals surface area (Å²) in [7, 11) is 0. The molecular formula is C27H59F2NS. The lowest BCUT2D eigenvalue weighted by Gasteiger charge is -2.27. The zero-order valence-electron chi connectivity index (χ0n) is 22.4. The number of nitrogens with two attached hydrogens (primary N) is 1. The molecule has 0 aliphatic carbocycles. The molecule has 0 saturated carbocycles. The van der Waals surface area contributed by atoms with Crippen molar-refractivity contribution in [1.82, 2.24) is 0 Å². The highest BCUT2D eigenvalue weighted by molar-refractivity contribution is 7.79. The third-order valence-electron chi connectivity index (χ3n) is 6.35. The van der Waals surface area contributed by atoms with E-state index >= 15 is 0 Å². The molecule has 0 radical (unpaired) electrons. The summed E-state index contributed by atoms with van der Waals surface area (Å²) >= 11 is 3.53. The number of unbranched alkanes of at least 4 members (excludes halogenated alkanes) is 4. The number of hydrogen-bond acceptors (Lipinski definition) is 2. The number of alkyl halides is 2. The van der Waals surface area contributed by atoms with Crippen LogP contribution in [-0.4, -0.2) is 24.6 Å². The molecule has 6 atom stereocenters. The van der Waals surface area contributed by atoms with E-state index in [1.165, 1.54) is 70.6 Å². The molecule has 2 N–H and O–H groups in total. The molecule has 0 spiro atoms. The fourth-order valence-electron chi connectivity index (χ4n) is 3.82. The highest BCUT2D eigenvalue weighted by atomic mass is 32.1. The van der Waals surface area contributed by atoms with Crippen molar-refractivity contribution < 1.29 is 8.78 Å². The zero-order chi connectivity index (χ0) is 24.7. The van der Waals surface area contributed by atoms with E-state index in [0.29, 0.717) is 18.3 Å². The van der Waals surface area contributed by atoms with Crippen LogP contribution in [0.25, 0.3) is 0 Å². The SMILES string of the molecule is CCC(C)F.CCCCC(CC(N)C(C)F)C(C)CCCCCCC(C)CCC.CS. The molecule has 0 rings (SSSR count). The van der Waals surface area contributed by atoms with Crippen molar-refractivity contribution in [3.8, 4) is 0 Å². The summed E-state index contributed by atoms with van der Waals surface area (Å²) < 4.78 is 24.9. The lowest BCUT2D eigenvalue weighted by molar-refractivity contribution is 0.218. The number of hydrogen-bond donors (Lipinski definition) is 2. The average Bonchev–Trinajstić information content (AvgIpc) is 2.75.